The summed E-state index contributed by atoms with van der Waals surface area (Å²) in [4.78, 5) is 28.5. The van der Waals surface area contributed by atoms with Crippen LogP contribution in [0.1, 0.15) is 60.7 Å². The van der Waals surface area contributed by atoms with E-state index in [4.69, 9.17) is 13.9 Å². The summed E-state index contributed by atoms with van der Waals surface area (Å²) in [6.45, 7) is 0. The van der Waals surface area contributed by atoms with Crippen LogP contribution in [0, 0.1) is 0 Å². The van der Waals surface area contributed by atoms with E-state index in [1.807, 2.05) is 6.07 Å². The highest BCUT2D eigenvalue weighted by Gasteiger charge is 2.43. The third-order valence-electron chi connectivity index (χ3n) is 5.86. The number of methoxy groups -OCH3 is 2. The molecule has 0 radical (unpaired) electrons. The molecule has 1 heterocycles. The highest BCUT2D eigenvalue weighted by molar-refractivity contribution is 5.96. The molecule has 1 N–H and O–H groups in total. The molecule has 2 aliphatic rings. The summed E-state index contributed by atoms with van der Waals surface area (Å²) in [7, 11) is 3.13. The minimum absolute atomic E-state index is 0.00928. The molecule has 2 saturated carbocycles. The summed E-state index contributed by atoms with van der Waals surface area (Å²) in [6, 6.07) is 8.09. The molecule has 2 aliphatic carbocycles. The monoisotopic (exact) mass is 412 g/mol. The molecule has 7 nitrogen and oxygen atoms in total. The van der Waals surface area contributed by atoms with Gasteiger partial charge in [-0.25, -0.2) is 0 Å². The number of furan rings is 1. The predicted molar refractivity (Wildman–Crippen MR) is 111 cm³/mol. The zero-order valence-electron chi connectivity index (χ0n) is 17.4. The van der Waals surface area contributed by atoms with E-state index in [1.165, 1.54) is 6.26 Å². The lowest BCUT2D eigenvalue weighted by atomic mass is 10.0. The van der Waals surface area contributed by atoms with Gasteiger partial charge in [-0.15, -0.1) is 0 Å². The SMILES string of the molecule is COc1ccc([C@@H](C(=O)NC2CCCC2)N(C(=O)c2ccco2)C2CC2)cc1OC. The maximum Gasteiger partial charge on any atom is 0.290 e. The Morgan fingerprint density at radius 3 is 2.40 bits per heavy atom. The molecule has 2 amide bonds. The quantitative estimate of drug-likeness (QED) is 0.715. The summed E-state index contributed by atoms with van der Waals surface area (Å²) >= 11 is 0. The Labute approximate surface area is 176 Å². The van der Waals surface area contributed by atoms with Crippen LogP contribution in [-0.2, 0) is 4.79 Å². The van der Waals surface area contributed by atoms with E-state index in [0.29, 0.717) is 17.1 Å². The van der Waals surface area contributed by atoms with Gasteiger partial charge in [0.25, 0.3) is 5.91 Å². The van der Waals surface area contributed by atoms with Gasteiger partial charge in [-0.3, -0.25) is 9.59 Å². The average molecular weight is 412 g/mol. The van der Waals surface area contributed by atoms with Crippen LogP contribution in [0.5, 0.6) is 11.5 Å². The molecule has 1 aromatic heterocycles. The average Bonchev–Trinajstić information content (AvgIpc) is 3.20. The summed E-state index contributed by atoms with van der Waals surface area (Å²) in [5.74, 6) is 0.896. The second kappa shape index (κ2) is 8.81. The topological polar surface area (TPSA) is 81.0 Å². The van der Waals surface area contributed by atoms with Gasteiger partial charge in [0, 0.05) is 12.1 Å². The zero-order chi connectivity index (χ0) is 21.1. The number of ether oxygens (including phenoxy) is 2. The molecule has 4 rings (SSSR count). The fourth-order valence-electron chi connectivity index (χ4n) is 4.19. The van der Waals surface area contributed by atoms with Crippen LogP contribution in [0.15, 0.2) is 41.0 Å². The Hall–Kier alpha value is -2.96. The number of carbonyl (C=O) groups excluding carboxylic acids is 2. The molecule has 2 fully saturated rings. The molecule has 7 heteroatoms. The Bertz CT molecular complexity index is 885. The first-order valence-corrected chi connectivity index (χ1v) is 10.5. The molecule has 0 aliphatic heterocycles. The number of amides is 2. The number of hydrogen-bond donors (Lipinski definition) is 1. The van der Waals surface area contributed by atoms with Crippen LogP contribution in [0.4, 0.5) is 0 Å². The number of nitrogens with one attached hydrogen (secondary N) is 1. The van der Waals surface area contributed by atoms with Crippen molar-refractivity contribution in [1.29, 1.82) is 0 Å². The molecule has 30 heavy (non-hydrogen) atoms. The Morgan fingerprint density at radius 1 is 1.07 bits per heavy atom. The van der Waals surface area contributed by atoms with Crippen molar-refractivity contribution in [3.05, 3.63) is 47.9 Å². The number of benzene rings is 1. The molecule has 160 valence electrons. The van der Waals surface area contributed by atoms with E-state index in [9.17, 15) is 9.59 Å². The lowest BCUT2D eigenvalue weighted by Crippen LogP contribution is -2.47. The van der Waals surface area contributed by atoms with Crippen LogP contribution >= 0.6 is 0 Å². The predicted octanol–water partition coefficient (Wildman–Crippen LogP) is 3.70. The second-order valence-electron chi connectivity index (χ2n) is 7.93. The highest BCUT2D eigenvalue weighted by atomic mass is 16.5. The number of rotatable bonds is 8. The first-order valence-electron chi connectivity index (χ1n) is 10.5. The van der Waals surface area contributed by atoms with Gasteiger partial charge in [0.2, 0.25) is 5.91 Å². The minimum atomic E-state index is -0.768. The molecule has 1 aromatic carbocycles. The standard InChI is InChI=1S/C23H28N2O5/c1-28-18-12-9-15(14-20(18)29-2)21(22(26)24-16-6-3-4-7-16)25(17-10-11-17)23(27)19-8-5-13-30-19/h5,8-9,12-14,16-17,21H,3-4,6-7,10-11H2,1-2H3,(H,24,26)/t21-/m0/s1. The summed E-state index contributed by atoms with van der Waals surface area (Å²) in [5, 5.41) is 3.17. The van der Waals surface area contributed by atoms with Crippen molar-refractivity contribution in [1.82, 2.24) is 10.2 Å². The largest absolute Gasteiger partial charge is 0.493 e. The van der Waals surface area contributed by atoms with Crippen molar-refractivity contribution in [2.24, 2.45) is 0 Å². The van der Waals surface area contributed by atoms with Crippen molar-refractivity contribution in [2.75, 3.05) is 14.2 Å². The molecule has 1 atom stereocenters. The smallest absolute Gasteiger partial charge is 0.290 e. The van der Waals surface area contributed by atoms with Crippen molar-refractivity contribution in [3.8, 4) is 11.5 Å². The maximum absolute atomic E-state index is 13.5. The van der Waals surface area contributed by atoms with Gasteiger partial charge >= 0.3 is 0 Å². The first kappa shape index (κ1) is 20.3. The number of carbonyl (C=O) groups is 2. The Morgan fingerprint density at radius 2 is 1.80 bits per heavy atom. The van der Waals surface area contributed by atoms with Crippen LogP contribution in [0.3, 0.4) is 0 Å². The zero-order valence-corrected chi connectivity index (χ0v) is 17.4. The molecule has 0 bridgehead atoms. The van der Waals surface area contributed by atoms with Crippen molar-refractivity contribution in [3.63, 3.8) is 0 Å². The van der Waals surface area contributed by atoms with Gasteiger partial charge in [0.15, 0.2) is 17.3 Å². The summed E-state index contributed by atoms with van der Waals surface area (Å²) in [5.41, 5.74) is 0.690. The first-order chi connectivity index (χ1) is 14.6. The Balaban J connectivity index is 1.72. The molecule has 0 unspecified atom stereocenters. The van der Waals surface area contributed by atoms with Crippen LogP contribution < -0.4 is 14.8 Å². The summed E-state index contributed by atoms with van der Waals surface area (Å²) in [6.07, 6.45) is 7.38. The lowest BCUT2D eigenvalue weighted by molar-refractivity contribution is -0.126. The summed E-state index contributed by atoms with van der Waals surface area (Å²) < 4.78 is 16.2. The fourth-order valence-corrected chi connectivity index (χ4v) is 4.19. The van der Waals surface area contributed by atoms with Crippen molar-refractivity contribution >= 4 is 11.8 Å². The molecule has 0 spiro atoms. The highest BCUT2D eigenvalue weighted by Crippen LogP contribution is 2.39. The van der Waals surface area contributed by atoms with Crippen LogP contribution in [0.2, 0.25) is 0 Å². The van der Waals surface area contributed by atoms with E-state index < -0.39 is 6.04 Å². The van der Waals surface area contributed by atoms with Crippen LogP contribution in [0.25, 0.3) is 0 Å². The molecular formula is C23H28N2O5. The fraction of sp³-hybridized carbons (Fsp3) is 0.478. The van der Waals surface area contributed by atoms with Gasteiger partial charge < -0.3 is 24.1 Å². The van der Waals surface area contributed by atoms with Crippen molar-refractivity contribution in [2.45, 2.75) is 56.7 Å². The second-order valence-corrected chi connectivity index (χ2v) is 7.93. The molecular weight excluding hydrogens is 384 g/mol. The lowest BCUT2D eigenvalue weighted by Gasteiger charge is -2.32. The van der Waals surface area contributed by atoms with Gasteiger partial charge in [0.1, 0.15) is 6.04 Å². The number of hydrogen-bond acceptors (Lipinski definition) is 5. The van der Waals surface area contributed by atoms with Crippen molar-refractivity contribution < 1.29 is 23.5 Å². The van der Waals surface area contributed by atoms with E-state index in [2.05, 4.69) is 5.32 Å². The normalized spacial score (nSPS) is 17.4. The van der Waals surface area contributed by atoms with Gasteiger partial charge in [0.05, 0.1) is 20.5 Å². The van der Waals surface area contributed by atoms with E-state index in [-0.39, 0.29) is 29.7 Å². The third kappa shape index (κ3) is 4.15. The maximum atomic E-state index is 13.5. The van der Waals surface area contributed by atoms with E-state index in [1.54, 1.807) is 43.4 Å². The molecule has 0 saturated heterocycles. The third-order valence-corrected chi connectivity index (χ3v) is 5.86. The van der Waals surface area contributed by atoms with Gasteiger partial charge in [-0.05, 0) is 55.5 Å². The van der Waals surface area contributed by atoms with E-state index >= 15 is 0 Å². The minimum Gasteiger partial charge on any atom is -0.493 e. The Kier molecular flexibility index (Phi) is 5.97. The number of nitrogens with zero attached hydrogens (tertiary/aromatic N) is 1. The molecule has 2 aromatic rings. The van der Waals surface area contributed by atoms with Crippen LogP contribution in [-0.4, -0.2) is 43.0 Å². The van der Waals surface area contributed by atoms with E-state index in [0.717, 1.165) is 38.5 Å². The van der Waals surface area contributed by atoms with Gasteiger partial charge in [-0.2, -0.15) is 0 Å². The van der Waals surface area contributed by atoms with Gasteiger partial charge in [-0.1, -0.05) is 18.9 Å².